The van der Waals surface area contributed by atoms with Gasteiger partial charge in [0.1, 0.15) is 0 Å². The predicted molar refractivity (Wildman–Crippen MR) is 135 cm³/mol. The van der Waals surface area contributed by atoms with Crippen LogP contribution in [0.4, 0.5) is 0 Å². The van der Waals surface area contributed by atoms with Gasteiger partial charge in [-0.2, -0.15) is 0 Å². The van der Waals surface area contributed by atoms with Crippen molar-refractivity contribution >= 4 is 7.74 Å². The molecule has 0 spiro atoms. The molecule has 0 fully saturated rings. The molecule has 2 aliphatic rings. The molecule has 188 valence electrons. The molecule has 0 atom stereocenters. The van der Waals surface area contributed by atoms with Crippen molar-refractivity contribution in [3.05, 3.63) is 82.9 Å². The first-order valence-corrected chi connectivity index (χ1v) is 13.2. The third-order valence-corrected chi connectivity index (χ3v) is 9.59. The summed E-state index contributed by atoms with van der Waals surface area (Å²) >= 11 is -0.886. The van der Waals surface area contributed by atoms with Gasteiger partial charge in [0.05, 0.1) is 0 Å². The molecule has 37 heavy (non-hydrogen) atoms. The quantitative estimate of drug-likeness (QED) is 0.254. The first-order valence-electron chi connectivity index (χ1n) is 11.7. The van der Waals surface area contributed by atoms with E-state index in [-0.39, 0.29) is 9.41 Å². The van der Waals surface area contributed by atoms with Crippen LogP contribution >= 0.6 is 0 Å². The van der Waals surface area contributed by atoms with Crippen molar-refractivity contribution < 1.29 is 47.5 Å². The monoisotopic (exact) mass is 536 g/mol. The van der Waals surface area contributed by atoms with E-state index in [1.165, 1.54) is 52.2 Å². The third-order valence-electron chi connectivity index (χ3n) is 7.15. The fourth-order valence-electron chi connectivity index (χ4n) is 5.56. The van der Waals surface area contributed by atoms with Gasteiger partial charge < -0.3 is 9.41 Å². The molecule has 6 rings (SSSR count). The van der Waals surface area contributed by atoms with Crippen LogP contribution in [-0.2, 0) is 32.0 Å². The van der Waals surface area contributed by atoms with E-state index in [4.69, 9.17) is 18.9 Å². The minimum absolute atomic E-state index is 0. The summed E-state index contributed by atoms with van der Waals surface area (Å²) in [5.41, 5.74) is 10.5. The van der Waals surface area contributed by atoms with E-state index in [9.17, 15) is 0 Å². The summed E-state index contributed by atoms with van der Waals surface area (Å²) in [6, 6.07) is 21.6. The smallest absolute Gasteiger partial charge is 1.00 e. The molecule has 0 amide bonds. The van der Waals surface area contributed by atoms with Gasteiger partial charge in [-0.15, -0.1) is 0 Å². The van der Waals surface area contributed by atoms with Gasteiger partial charge in [-0.25, -0.2) is 0 Å². The van der Waals surface area contributed by atoms with E-state index in [2.05, 4.69) is 60.7 Å². The summed E-state index contributed by atoms with van der Waals surface area (Å²) in [5, 5.41) is 0. The van der Waals surface area contributed by atoms with Crippen molar-refractivity contribution in [3.63, 3.8) is 0 Å². The number of hydrogen-bond donors (Lipinski definition) is 0. The van der Waals surface area contributed by atoms with Crippen LogP contribution in [0.2, 0.25) is 0 Å². The fourth-order valence-corrected chi connectivity index (χ4v) is 8.17. The first kappa shape index (κ1) is 26.7. The molecule has 0 bridgehead atoms. The van der Waals surface area contributed by atoms with Crippen LogP contribution in [0.25, 0.3) is 22.3 Å². The molecule has 0 aromatic heterocycles. The molecule has 0 N–H and O–H groups in total. The molecule has 2 aliphatic carbocycles. The van der Waals surface area contributed by atoms with Crippen LogP contribution < -0.4 is 36.1 Å². The SMILES string of the molecule is COc1cc2c([c]([Ti+2][c]3c4c(cc(OC)c3OC)-c3ccccc3C4)c1OC)Cc1ccccc1-2.[F-].[F-]. The second-order valence-corrected chi connectivity index (χ2v) is 10.8. The molecule has 0 radical (unpaired) electrons. The average molecular weight is 536 g/mol. The number of halogens is 2. The summed E-state index contributed by atoms with van der Waals surface area (Å²) in [6.07, 6.45) is 1.80. The maximum Gasteiger partial charge on any atom is -1.00 e. The van der Waals surface area contributed by atoms with Crippen LogP contribution in [-0.4, -0.2) is 28.4 Å². The Labute approximate surface area is 224 Å². The van der Waals surface area contributed by atoms with E-state index >= 15 is 0 Å². The van der Waals surface area contributed by atoms with Crippen LogP contribution in [0.1, 0.15) is 22.3 Å². The van der Waals surface area contributed by atoms with Crippen LogP contribution in [0, 0.1) is 0 Å². The first-order chi connectivity index (χ1) is 17.2. The second kappa shape index (κ2) is 10.6. The number of fused-ring (bicyclic) bond motifs is 6. The molecule has 0 heterocycles. The Hall–Kier alpha value is -3.35. The van der Waals surface area contributed by atoms with Crippen LogP contribution in [0.3, 0.4) is 0 Å². The number of hydrogen-bond acceptors (Lipinski definition) is 4. The van der Waals surface area contributed by atoms with Crippen molar-refractivity contribution in [1.82, 2.24) is 0 Å². The predicted octanol–water partition coefficient (Wildman–Crippen LogP) is -1.10. The zero-order chi connectivity index (χ0) is 24.1. The number of methoxy groups -OCH3 is 4. The van der Waals surface area contributed by atoms with E-state index in [1.807, 2.05) is 0 Å². The topological polar surface area (TPSA) is 36.9 Å². The minimum Gasteiger partial charge on any atom is -1.00 e. The Morgan fingerprint density at radius 1 is 0.541 bits per heavy atom. The maximum atomic E-state index is 6.01. The van der Waals surface area contributed by atoms with Gasteiger partial charge in [0, 0.05) is 0 Å². The molecule has 4 aromatic rings. The number of benzene rings is 4. The van der Waals surface area contributed by atoms with Crippen molar-refractivity contribution in [2.75, 3.05) is 28.4 Å². The molecule has 0 saturated heterocycles. The van der Waals surface area contributed by atoms with Gasteiger partial charge in [0.25, 0.3) is 0 Å². The van der Waals surface area contributed by atoms with Crippen LogP contribution in [0.15, 0.2) is 60.7 Å². The maximum absolute atomic E-state index is 6.01. The molecule has 0 aliphatic heterocycles. The van der Waals surface area contributed by atoms with Crippen molar-refractivity contribution in [2.24, 2.45) is 0 Å². The van der Waals surface area contributed by atoms with E-state index < -0.39 is 19.2 Å². The van der Waals surface area contributed by atoms with E-state index in [0.717, 1.165) is 35.8 Å². The Morgan fingerprint density at radius 3 is 1.32 bits per heavy atom. The normalized spacial score (nSPS) is 11.6. The van der Waals surface area contributed by atoms with Gasteiger partial charge >= 0.3 is 215 Å². The van der Waals surface area contributed by atoms with Gasteiger partial charge in [-0.05, 0) is 0 Å². The zero-order valence-electron chi connectivity index (χ0n) is 21.1. The third kappa shape index (κ3) is 4.09. The molecule has 0 saturated carbocycles. The Bertz CT molecular complexity index is 1370. The molecular weight excluding hydrogens is 510 g/mol. The molecule has 7 heteroatoms. The van der Waals surface area contributed by atoms with Gasteiger partial charge in [0.2, 0.25) is 0 Å². The standard InChI is InChI=1S/2C15H13O2.2FH.Ti/c2*1-16-14-8-11-7-10-5-3-4-6-12(10)13(11)9-15(14)17-2;;;/h2*3-6,9H,7H2,1-2H3;2*1H;/q;;;;+2/p-2. The van der Waals surface area contributed by atoms with Gasteiger partial charge in [-0.3, -0.25) is 0 Å². The molecule has 4 nitrogen and oxygen atoms in total. The Balaban J connectivity index is 0.00000160. The minimum atomic E-state index is -0.886. The zero-order valence-corrected chi connectivity index (χ0v) is 22.6. The van der Waals surface area contributed by atoms with Crippen molar-refractivity contribution in [2.45, 2.75) is 12.8 Å². The summed E-state index contributed by atoms with van der Waals surface area (Å²) in [5.74, 6) is 3.24. The summed E-state index contributed by atoms with van der Waals surface area (Å²) in [7, 11) is 6.92. The number of ether oxygens (including phenoxy) is 4. The summed E-state index contributed by atoms with van der Waals surface area (Å²) < 4.78 is 26.2. The Kier molecular flexibility index (Phi) is 7.63. The molecule has 4 aromatic carbocycles. The van der Waals surface area contributed by atoms with Gasteiger partial charge in [-0.1, -0.05) is 0 Å². The molecular formula is C30H26F2O4Ti. The average Bonchev–Trinajstić information content (AvgIpc) is 3.46. The summed E-state index contributed by atoms with van der Waals surface area (Å²) in [4.78, 5) is 0. The Morgan fingerprint density at radius 2 is 0.946 bits per heavy atom. The van der Waals surface area contributed by atoms with Crippen LogP contribution in [0.5, 0.6) is 23.0 Å². The second-order valence-electron chi connectivity index (χ2n) is 8.82. The van der Waals surface area contributed by atoms with Crippen molar-refractivity contribution in [3.8, 4) is 45.3 Å². The number of rotatable bonds is 6. The largest absolute Gasteiger partial charge is 1.00 e. The van der Waals surface area contributed by atoms with E-state index in [0.29, 0.717) is 0 Å². The van der Waals surface area contributed by atoms with Gasteiger partial charge in [0.15, 0.2) is 0 Å². The molecule has 0 unspecified atom stereocenters. The summed E-state index contributed by atoms with van der Waals surface area (Å²) in [6.45, 7) is 0. The fraction of sp³-hybridized carbons (Fsp3) is 0.200. The van der Waals surface area contributed by atoms with Crippen molar-refractivity contribution in [1.29, 1.82) is 0 Å². The van der Waals surface area contributed by atoms with E-state index in [1.54, 1.807) is 28.4 Å².